The van der Waals surface area contributed by atoms with Gasteiger partial charge < -0.3 is 5.11 Å². The van der Waals surface area contributed by atoms with Crippen LogP contribution in [0.25, 0.3) is 0 Å². The second-order valence-electron chi connectivity index (χ2n) is 4.84. The first kappa shape index (κ1) is 14.7. The maximum absolute atomic E-state index is 11.7. The summed E-state index contributed by atoms with van der Waals surface area (Å²) in [4.78, 5) is 47.2. The quantitative estimate of drug-likeness (QED) is 0.653. The van der Waals surface area contributed by atoms with Gasteiger partial charge in [-0.1, -0.05) is 24.3 Å². The van der Waals surface area contributed by atoms with E-state index in [1.807, 2.05) is 0 Å². The van der Waals surface area contributed by atoms with Crippen LogP contribution in [0, 0.1) is 0 Å². The molecule has 4 amide bonds. The summed E-state index contributed by atoms with van der Waals surface area (Å²) >= 11 is 0. The van der Waals surface area contributed by atoms with Crippen LogP contribution in [0.4, 0.5) is 4.79 Å². The second-order valence-corrected chi connectivity index (χ2v) is 4.84. The number of carbonyl (C=O) groups excluding carboxylic acids is 3. The number of nitrogens with zero attached hydrogens (tertiary/aromatic N) is 2. The zero-order valence-corrected chi connectivity index (χ0v) is 11.6. The summed E-state index contributed by atoms with van der Waals surface area (Å²) in [5.41, 5.74) is 1.26. The van der Waals surface area contributed by atoms with Crippen LogP contribution < -0.4 is 0 Å². The average molecular weight is 290 g/mol. The highest BCUT2D eigenvalue weighted by Crippen LogP contribution is 2.18. The number of rotatable bonds is 4. The average Bonchev–Trinajstić information content (AvgIpc) is 2.65. The molecule has 1 N–H and O–H groups in total. The third-order valence-corrected chi connectivity index (χ3v) is 3.44. The van der Waals surface area contributed by atoms with E-state index in [0.29, 0.717) is 11.1 Å². The van der Waals surface area contributed by atoms with E-state index in [0.717, 1.165) is 9.80 Å². The van der Waals surface area contributed by atoms with Gasteiger partial charge >= 0.3 is 23.8 Å². The Labute approximate surface area is 120 Å². The number of carbonyl (C=O) groups is 4. The number of imide groups is 2. The van der Waals surface area contributed by atoms with Gasteiger partial charge in [0.05, 0.1) is 12.5 Å². The van der Waals surface area contributed by atoms with Gasteiger partial charge in [-0.2, -0.15) is 0 Å². The zero-order valence-electron chi connectivity index (χ0n) is 11.6. The Hall–Kier alpha value is -2.70. The van der Waals surface area contributed by atoms with E-state index in [1.165, 1.54) is 7.05 Å². The highest BCUT2D eigenvalue weighted by molar-refractivity contribution is 6.44. The van der Waals surface area contributed by atoms with Gasteiger partial charge in [-0.3, -0.25) is 24.2 Å². The Bertz CT molecular complexity index is 623. The largest absolute Gasteiger partial charge is 0.481 e. The standard InChI is InChI=1S/C14H14N2O5/c1-8(13(19)20)10-5-3-9(4-6-10)7-16-12(18)11(17)15(2)14(16)21/h3-6,8H,7H2,1-2H3,(H,19,20). The first-order valence-electron chi connectivity index (χ1n) is 6.28. The summed E-state index contributed by atoms with van der Waals surface area (Å²) in [6, 6.07) is 5.87. The van der Waals surface area contributed by atoms with Crippen LogP contribution in [0.1, 0.15) is 24.0 Å². The normalized spacial score (nSPS) is 16.6. The monoisotopic (exact) mass is 290 g/mol. The molecule has 1 fully saturated rings. The molecular weight excluding hydrogens is 276 g/mol. The highest BCUT2D eigenvalue weighted by atomic mass is 16.4. The fraction of sp³-hybridized carbons (Fsp3) is 0.286. The van der Waals surface area contributed by atoms with Crippen molar-refractivity contribution in [1.82, 2.24) is 9.80 Å². The Kier molecular flexibility index (Phi) is 3.75. The van der Waals surface area contributed by atoms with Crippen molar-refractivity contribution in [3.05, 3.63) is 35.4 Å². The number of amides is 4. The molecule has 0 spiro atoms. The van der Waals surface area contributed by atoms with Crippen molar-refractivity contribution >= 4 is 23.8 Å². The highest BCUT2D eigenvalue weighted by Gasteiger charge is 2.41. The number of hydrogen-bond acceptors (Lipinski definition) is 4. The Balaban J connectivity index is 2.14. The Morgan fingerprint density at radius 1 is 1.14 bits per heavy atom. The molecule has 1 aliphatic heterocycles. The molecule has 7 heteroatoms. The lowest BCUT2D eigenvalue weighted by atomic mass is 10.00. The molecule has 0 aliphatic carbocycles. The molecule has 1 aliphatic rings. The van der Waals surface area contributed by atoms with Gasteiger partial charge in [0.1, 0.15) is 0 Å². The number of urea groups is 1. The number of aliphatic carboxylic acids is 1. The summed E-state index contributed by atoms with van der Waals surface area (Å²) in [5.74, 6) is -3.27. The third-order valence-electron chi connectivity index (χ3n) is 3.44. The second kappa shape index (κ2) is 5.35. The van der Waals surface area contributed by atoms with Gasteiger partial charge in [0, 0.05) is 7.05 Å². The first-order chi connectivity index (χ1) is 9.82. The molecule has 1 saturated heterocycles. The minimum atomic E-state index is -0.931. The van der Waals surface area contributed by atoms with E-state index in [2.05, 4.69) is 0 Å². The van der Waals surface area contributed by atoms with Gasteiger partial charge in [0.2, 0.25) is 0 Å². The van der Waals surface area contributed by atoms with Crippen LogP contribution in [0.5, 0.6) is 0 Å². The van der Waals surface area contributed by atoms with E-state index in [9.17, 15) is 19.2 Å². The number of hydrogen-bond donors (Lipinski definition) is 1. The maximum atomic E-state index is 11.7. The zero-order chi connectivity index (χ0) is 15.7. The van der Waals surface area contributed by atoms with Crippen molar-refractivity contribution < 1.29 is 24.3 Å². The molecule has 21 heavy (non-hydrogen) atoms. The predicted octanol–water partition coefficient (Wildman–Crippen LogP) is 0.795. The van der Waals surface area contributed by atoms with Crippen LogP contribution >= 0.6 is 0 Å². The lowest BCUT2D eigenvalue weighted by Crippen LogP contribution is -2.31. The van der Waals surface area contributed by atoms with Gasteiger partial charge in [0.15, 0.2) is 0 Å². The number of carboxylic acid groups (broad SMARTS) is 1. The minimum Gasteiger partial charge on any atom is -0.481 e. The summed E-state index contributed by atoms with van der Waals surface area (Å²) in [6.07, 6.45) is 0. The smallest absolute Gasteiger partial charge is 0.334 e. The van der Waals surface area contributed by atoms with Crippen molar-refractivity contribution in [3.8, 4) is 0 Å². The SMILES string of the molecule is CC(C(=O)O)c1ccc(CN2C(=O)C(=O)N(C)C2=O)cc1. The van der Waals surface area contributed by atoms with Crippen molar-refractivity contribution in [1.29, 1.82) is 0 Å². The van der Waals surface area contributed by atoms with E-state index < -0.39 is 29.7 Å². The lowest BCUT2D eigenvalue weighted by molar-refractivity contribution is -0.143. The molecule has 110 valence electrons. The van der Waals surface area contributed by atoms with E-state index in [4.69, 9.17) is 5.11 Å². The molecule has 1 aromatic rings. The lowest BCUT2D eigenvalue weighted by Gasteiger charge is -2.13. The van der Waals surface area contributed by atoms with E-state index >= 15 is 0 Å². The molecule has 1 heterocycles. The topological polar surface area (TPSA) is 95.0 Å². The molecule has 2 rings (SSSR count). The molecule has 0 saturated carbocycles. The van der Waals surface area contributed by atoms with Crippen molar-refractivity contribution in [3.63, 3.8) is 0 Å². The van der Waals surface area contributed by atoms with Crippen molar-refractivity contribution in [2.75, 3.05) is 7.05 Å². The Morgan fingerprint density at radius 3 is 2.14 bits per heavy atom. The summed E-state index contributed by atoms with van der Waals surface area (Å²) < 4.78 is 0. The first-order valence-corrected chi connectivity index (χ1v) is 6.28. The van der Waals surface area contributed by atoms with Crippen molar-refractivity contribution in [2.45, 2.75) is 19.4 Å². The van der Waals surface area contributed by atoms with Crippen LogP contribution in [-0.4, -0.2) is 45.8 Å². The van der Waals surface area contributed by atoms with Crippen LogP contribution in [-0.2, 0) is 20.9 Å². The van der Waals surface area contributed by atoms with Crippen LogP contribution in [0.15, 0.2) is 24.3 Å². The number of benzene rings is 1. The van der Waals surface area contributed by atoms with Gasteiger partial charge in [-0.15, -0.1) is 0 Å². The fourth-order valence-electron chi connectivity index (χ4n) is 1.99. The molecule has 1 aromatic carbocycles. The minimum absolute atomic E-state index is 0.0184. The summed E-state index contributed by atoms with van der Waals surface area (Å²) in [6.45, 7) is 1.55. The number of likely N-dealkylation sites (N-methyl/N-ethyl adjacent to an activating group) is 1. The van der Waals surface area contributed by atoms with E-state index in [1.54, 1.807) is 31.2 Å². The third kappa shape index (κ3) is 2.62. The van der Waals surface area contributed by atoms with Gasteiger partial charge in [-0.25, -0.2) is 4.79 Å². The van der Waals surface area contributed by atoms with Crippen molar-refractivity contribution in [2.24, 2.45) is 0 Å². The molecule has 1 unspecified atom stereocenters. The summed E-state index contributed by atoms with van der Waals surface area (Å²) in [5, 5.41) is 8.92. The predicted molar refractivity (Wildman–Crippen MR) is 71.2 cm³/mol. The van der Waals surface area contributed by atoms with Gasteiger partial charge in [0.25, 0.3) is 0 Å². The molecule has 1 atom stereocenters. The fourth-order valence-corrected chi connectivity index (χ4v) is 1.99. The number of carboxylic acids is 1. The van der Waals surface area contributed by atoms with Crippen LogP contribution in [0.3, 0.4) is 0 Å². The Morgan fingerprint density at radius 2 is 1.71 bits per heavy atom. The molecule has 7 nitrogen and oxygen atoms in total. The van der Waals surface area contributed by atoms with Crippen LogP contribution in [0.2, 0.25) is 0 Å². The molecule has 0 aromatic heterocycles. The molecule has 0 bridgehead atoms. The molecule has 0 radical (unpaired) electrons. The summed E-state index contributed by atoms with van der Waals surface area (Å²) in [7, 11) is 1.25. The maximum Gasteiger partial charge on any atom is 0.334 e. The van der Waals surface area contributed by atoms with E-state index in [-0.39, 0.29) is 6.54 Å². The van der Waals surface area contributed by atoms with Gasteiger partial charge in [-0.05, 0) is 18.1 Å². The molecular formula is C14H14N2O5.